The molecule has 0 saturated heterocycles. The van der Waals surface area contributed by atoms with Gasteiger partial charge in [0.1, 0.15) is 0 Å². The third-order valence-corrected chi connectivity index (χ3v) is 4.29. The lowest BCUT2D eigenvalue weighted by Gasteiger charge is -2.32. The molecule has 1 N–H and O–H groups in total. The first-order valence-electron chi connectivity index (χ1n) is 8.19. The molecule has 1 unspecified atom stereocenters. The molecule has 2 nitrogen and oxygen atoms in total. The largest absolute Gasteiger partial charge is 0.312 e. The molecule has 0 radical (unpaired) electrons. The summed E-state index contributed by atoms with van der Waals surface area (Å²) in [5.74, 6) is 0.838. The van der Waals surface area contributed by atoms with E-state index in [2.05, 4.69) is 31.0 Å². The van der Waals surface area contributed by atoms with Gasteiger partial charge in [-0.3, -0.25) is 4.90 Å². The summed E-state index contributed by atoms with van der Waals surface area (Å²) in [6.45, 7) is 9.58. The van der Waals surface area contributed by atoms with Crippen molar-refractivity contribution in [1.82, 2.24) is 10.2 Å². The quantitative estimate of drug-likeness (QED) is 0.641. The molecule has 2 heteroatoms. The molecule has 106 valence electrons. The van der Waals surface area contributed by atoms with Gasteiger partial charge in [-0.15, -0.1) is 0 Å². The van der Waals surface area contributed by atoms with E-state index >= 15 is 0 Å². The van der Waals surface area contributed by atoms with Gasteiger partial charge in [-0.25, -0.2) is 0 Å². The van der Waals surface area contributed by atoms with Crippen LogP contribution in [0.3, 0.4) is 0 Å². The van der Waals surface area contributed by atoms with Gasteiger partial charge in [0.2, 0.25) is 0 Å². The summed E-state index contributed by atoms with van der Waals surface area (Å²) in [6, 6.07) is 2.57. The van der Waals surface area contributed by atoms with Gasteiger partial charge < -0.3 is 5.32 Å². The van der Waals surface area contributed by atoms with Crippen LogP contribution in [0, 0.1) is 5.92 Å². The Morgan fingerprint density at radius 3 is 2.33 bits per heavy atom. The summed E-state index contributed by atoms with van der Waals surface area (Å²) in [5, 5.41) is 3.75. The molecule has 2 aliphatic rings. The van der Waals surface area contributed by atoms with E-state index in [9.17, 15) is 0 Å². The third-order valence-electron chi connectivity index (χ3n) is 4.29. The van der Waals surface area contributed by atoms with Crippen molar-refractivity contribution >= 4 is 0 Å². The number of nitrogens with zero attached hydrogens (tertiary/aromatic N) is 1. The topological polar surface area (TPSA) is 15.3 Å². The molecule has 0 aromatic carbocycles. The Bertz CT molecular complexity index is 231. The number of hydrogen-bond acceptors (Lipinski definition) is 2. The van der Waals surface area contributed by atoms with Crippen molar-refractivity contribution in [3.05, 3.63) is 0 Å². The van der Waals surface area contributed by atoms with Gasteiger partial charge in [-0.2, -0.15) is 0 Å². The lowest BCUT2D eigenvalue weighted by Crippen LogP contribution is -2.45. The van der Waals surface area contributed by atoms with Crippen LogP contribution in [0.5, 0.6) is 0 Å². The van der Waals surface area contributed by atoms with Gasteiger partial charge in [0.25, 0.3) is 0 Å². The van der Waals surface area contributed by atoms with Gasteiger partial charge in [-0.1, -0.05) is 27.2 Å². The summed E-state index contributed by atoms with van der Waals surface area (Å²) in [5.41, 5.74) is 0. The van der Waals surface area contributed by atoms with Crippen LogP contribution in [-0.4, -0.2) is 36.1 Å². The van der Waals surface area contributed by atoms with Crippen molar-refractivity contribution in [3.63, 3.8) is 0 Å². The fraction of sp³-hybridized carbons (Fsp3) is 1.00. The third kappa shape index (κ3) is 4.89. The first-order chi connectivity index (χ1) is 8.70. The van der Waals surface area contributed by atoms with Crippen molar-refractivity contribution in [3.8, 4) is 0 Å². The minimum atomic E-state index is 0.793. The normalized spacial score (nSPS) is 21.8. The van der Waals surface area contributed by atoms with Crippen LogP contribution >= 0.6 is 0 Å². The molecule has 2 fully saturated rings. The molecular weight excluding hydrogens is 220 g/mol. The van der Waals surface area contributed by atoms with E-state index in [-0.39, 0.29) is 0 Å². The van der Waals surface area contributed by atoms with E-state index in [1.807, 2.05) is 0 Å². The molecule has 0 amide bonds. The van der Waals surface area contributed by atoms with Crippen LogP contribution in [0.1, 0.15) is 65.7 Å². The van der Waals surface area contributed by atoms with E-state index in [1.54, 1.807) is 0 Å². The lowest BCUT2D eigenvalue weighted by atomic mass is 10.1. The fourth-order valence-corrected chi connectivity index (χ4v) is 2.79. The molecule has 0 aromatic rings. The minimum Gasteiger partial charge on any atom is -0.312 e. The zero-order valence-electron chi connectivity index (χ0n) is 12.6. The second kappa shape index (κ2) is 6.91. The molecule has 2 saturated carbocycles. The zero-order valence-corrected chi connectivity index (χ0v) is 12.6. The Morgan fingerprint density at radius 2 is 1.83 bits per heavy atom. The molecule has 18 heavy (non-hydrogen) atoms. The maximum absolute atomic E-state index is 3.75. The average molecular weight is 252 g/mol. The van der Waals surface area contributed by atoms with Crippen molar-refractivity contribution in [2.75, 3.05) is 13.1 Å². The molecule has 0 heterocycles. The van der Waals surface area contributed by atoms with Gasteiger partial charge >= 0.3 is 0 Å². The van der Waals surface area contributed by atoms with Gasteiger partial charge in [-0.05, 0) is 51.0 Å². The highest BCUT2D eigenvalue weighted by atomic mass is 15.2. The predicted octanol–water partition coefficient (Wildman–Crippen LogP) is 3.42. The Kier molecular flexibility index (Phi) is 5.50. The molecule has 2 rings (SSSR count). The Morgan fingerprint density at radius 1 is 1.11 bits per heavy atom. The minimum absolute atomic E-state index is 0.793. The van der Waals surface area contributed by atoms with E-state index < -0.39 is 0 Å². The smallest absolute Gasteiger partial charge is 0.0223 e. The van der Waals surface area contributed by atoms with Crippen molar-refractivity contribution in [2.45, 2.75) is 83.8 Å². The van der Waals surface area contributed by atoms with Gasteiger partial charge in [0.15, 0.2) is 0 Å². The van der Waals surface area contributed by atoms with Crippen molar-refractivity contribution in [1.29, 1.82) is 0 Å². The van der Waals surface area contributed by atoms with Crippen LogP contribution in [0.25, 0.3) is 0 Å². The Hall–Kier alpha value is -0.0800. The van der Waals surface area contributed by atoms with Crippen LogP contribution in [-0.2, 0) is 0 Å². The van der Waals surface area contributed by atoms with Crippen LogP contribution in [0.2, 0.25) is 0 Å². The van der Waals surface area contributed by atoms with Crippen molar-refractivity contribution in [2.24, 2.45) is 5.92 Å². The van der Waals surface area contributed by atoms with E-state index in [4.69, 9.17) is 0 Å². The predicted molar refractivity (Wildman–Crippen MR) is 78.9 cm³/mol. The molecule has 0 aliphatic heterocycles. The van der Waals surface area contributed by atoms with Gasteiger partial charge in [0.05, 0.1) is 0 Å². The average Bonchev–Trinajstić information content (AvgIpc) is 3.17. The highest BCUT2D eigenvalue weighted by molar-refractivity contribution is 4.91. The second-order valence-electron chi connectivity index (χ2n) is 6.78. The SMILES string of the molecule is CCCC(CNC1CC1)N(CCC(C)C)C1CC1. The summed E-state index contributed by atoms with van der Waals surface area (Å²) in [4.78, 5) is 2.83. The summed E-state index contributed by atoms with van der Waals surface area (Å²) in [6.07, 6.45) is 9.77. The van der Waals surface area contributed by atoms with Gasteiger partial charge in [0, 0.05) is 24.7 Å². The number of rotatable bonds is 10. The first kappa shape index (κ1) is 14.3. The van der Waals surface area contributed by atoms with E-state index in [0.717, 1.165) is 24.0 Å². The number of nitrogens with one attached hydrogen (secondary N) is 1. The monoisotopic (exact) mass is 252 g/mol. The molecular formula is C16H32N2. The second-order valence-corrected chi connectivity index (χ2v) is 6.78. The highest BCUT2D eigenvalue weighted by Gasteiger charge is 2.34. The Balaban J connectivity index is 1.81. The van der Waals surface area contributed by atoms with E-state index in [0.29, 0.717) is 0 Å². The fourth-order valence-electron chi connectivity index (χ4n) is 2.79. The molecule has 0 spiro atoms. The summed E-state index contributed by atoms with van der Waals surface area (Å²) in [7, 11) is 0. The standard InChI is InChI=1S/C16H32N2/c1-4-5-16(12-17-14-6-7-14)18(15-8-9-15)11-10-13(2)3/h13-17H,4-12H2,1-3H3. The first-order valence-corrected chi connectivity index (χ1v) is 8.19. The van der Waals surface area contributed by atoms with E-state index in [1.165, 1.54) is 58.0 Å². The molecule has 2 aliphatic carbocycles. The summed E-state index contributed by atoms with van der Waals surface area (Å²) < 4.78 is 0. The van der Waals surface area contributed by atoms with Crippen LogP contribution in [0.15, 0.2) is 0 Å². The molecule has 0 bridgehead atoms. The maximum Gasteiger partial charge on any atom is 0.0223 e. The molecule has 1 atom stereocenters. The maximum atomic E-state index is 3.75. The van der Waals surface area contributed by atoms with Crippen molar-refractivity contribution < 1.29 is 0 Å². The number of hydrogen-bond donors (Lipinski definition) is 1. The zero-order chi connectivity index (χ0) is 13.0. The lowest BCUT2D eigenvalue weighted by molar-refractivity contribution is 0.162. The summed E-state index contributed by atoms with van der Waals surface area (Å²) >= 11 is 0. The van der Waals surface area contributed by atoms with Crippen LogP contribution < -0.4 is 5.32 Å². The molecule has 0 aromatic heterocycles. The Labute approximate surface area is 114 Å². The highest BCUT2D eigenvalue weighted by Crippen LogP contribution is 2.30. The van der Waals surface area contributed by atoms with Crippen LogP contribution in [0.4, 0.5) is 0 Å².